The summed E-state index contributed by atoms with van der Waals surface area (Å²) in [6, 6.07) is 10.6. The second-order valence-electron chi connectivity index (χ2n) is 6.06. The Kier molecular flexibility index (Phi) is 9.12. The van der Waals surface area contributed by atoms with Crippen LogP contribution in [-0.4, -0.2) is 51.8 Å². The van der Waals surface area contributed by atoms with Crippen LogP contribution in [0.3, 0.4) is 0 Å². The van der Waals surface area contributed by atoms with Crippen LogP contribution in [0.2, 0.25) is 0 Å². The van der Waals surface area contributed by atoms with Crippen LogP contribution in [-0.2, 0) is 0 Å². The maximum absolute atomic E-state index is 5.76. The van der Waals surface area contributed by atoms with Crippen LogP contribution in [0.5, 0.6) is 23.0 Å². The van der Waals surface area contributed by atoms with Crippen LogP contribution in [0.25, 0.3) is 0 Å². The molecule has 2 aromatic rings. The van der Waals surface area contributed by atoms with E-state index in [0.29, 0.717) is 23.0 Å². The first kappa shape index (κ1) is 23.8. The van der Waals surface area contributed by atoms with E-state index in [4.69, 9.17) is 41.9 Å². The van der Waals surface area contributed by atoms with E-state index in [9.17, 15) is 0 Å². The molecule has 0 heterocycles. The van der Waals surface area contributed by atoms with Crippen molar-refractivity contribution in [2.24, 2.45) is 43.3 Å². The molecule has 0 aliphatic heterocycles. The Bertz CT molecular complexity index is 931. The number of benzene rings is 2. The molecular weight excluding hydrogens is 416 g/mol. The van der Waals surface area contributed by atoms with Crippen LogP contribution in [0, 0.1) is 0 Å². The summed E-state index contributed by atoms with van der Waals surface area (Å²) >= 11 is 0. The van der Waals surface area contributed by atoms with E-state index in [1.165, 1.54) is 12.4 Å². The van der Waals surface area contributed by atoms with Gasteiger partial charge < -0.3 is 41.9 Å². The van der Waals surface area contributed by atoms with E-state index in [1.54, 1.807) is 50.6 Å². The summed E-state index contributed by atoms with van der Waals surface area (Å²) in [5.41, 5.74) is 22.4. The lowest BCUT2D eigenvalue weighted by Gasteiger charge is -2.13. The average molecular weight is 442 g/mol. The van der Waals surface area contributed by atoms with Crippen molar-refractivity contribution in [1.82, 2.24) is 0 Å². The number of nitrogens with zero attached hydrogens (tertiary/aromatic N) is 4. The minimum Gasteiger partial charge on any atom is -0.493 e. The van der Waals surface area contributed by atoms with Crippen LogP contribution in [0.4, 0.5) is 0 Å². The number of methoxy groups -OCH3 is 2. The lowest BCUT2D eigenvalue weighted by molar-refractivity contribution is 0.206. The van der Waals surface area contributed by atoms with Gasteiger partial charge in [-0.25, -0.2) is 0 Å². The van der Waals surface area contributed by atoms with E-state index in [0.717, 1.165) is 11.1 Å². The number of hydrogen-bond acceptors (Lipinski definition) is 8. The average Bonchev–Trinajstić information content (AvgIpc) is 2.77. The van der Waals surface area contributed by atoms with Gasteiger partial charge >= 0.3 is 0 Å². The highest BCUT2D eigenvalue weighted by Gasteiger charge is 2.08. The molecule has 0 atom stereocenters. The van der Waals surface area contributed by atoms with Crippen LogP contribution in [0.1, 0.15) is 11.1 Å². The van der Waals surface area contributed by atoms with Crippen molar-refractivity contribution in [2.75, 3.05) is 27.4 Å². The summed E-state index contributed by atoms with van der Waals surface area (Å²) in [6.45, 7) is 0.545. The van der Waals surface area contributed by atoms with Crippen molar-refractivity contribution >= 4 is 24.3 Å². The number of nitrogens with two attached hydrogens (primary N) is 4. The summed E-state index contributed by atoms with van der Waals surface area (Å²) in [7, 11) is 3.08. The van der Waals surface area contributed by atoms with Gasteiger partial charge in [-0.2, -0.15) is 10.2 Å². The van der Waals surface area contributed by atoms with Crippen molar-refractivity contribution in [2.45, 2.75) is 0 Å². The fraction of sp³-hybridized carbons (Fsp3) is 0.200. The first-order chi connectivity index (χ1) is 15.4. The van der Waals surface area contributed by atoms with E-state index >= 15 is 0 Å². The summed E-state index contributed by atoms with van der Waals surface area (Å²) in [5, 5.41) is 14.6. The maximum atomic E-state index is 5.76. The lowest BCUT2D eigenvalue weighted by Crippen LogP contribution is -2.21. The molecule has 0 aromatic heterocycles. The van der Waals surface area contributed by atoms with Gasteiger partial charge in [-0.15, -0.1) is 10.2 Å². The highest BCUT2D eigenvalue weighted by Crippen LogP contribution is 2.29. The first-order valence-corrected chi connectivity index (χ1v) is 9.28. The molecule has 2 rings (SSSR count). The Labute approximate surface area is 185 Å². The standard InChI is InChI=1S/C20H26N8O4/c1-29-17-9-13(11-25-27-19(21)22)3-5-15(17)31-7-8-32-16-6-4-14(10-18(16)30-2)12-26-28-20(23)24/h3-6,9-12H,7-8H2,1-2H3,(H4,21,22,27)(H4,23,24,28)/b25-11+,26-12+. The van der Waals surface area contributed by atoms with Crippen LogP contribution < -0.4 is 41.9 Å². The number of rotatable bonds is 11. The van der Waals surface area contributed by atoms with Crippen LogP contribution in [0.15, 0.2) is 56.8 Å². The lowest BCUT2D eigenvalue weighted by atomic mass is 10.2. The topological polar surface area (TPSA) is 190 Å². The molecule has 32 heavy (non-hydrogen) atoms. The van der Waals surface area contributed by atoms with Crippen molar-refractivity contribution in [1.29, 1.82) is 0 Å². The zero-order valence-electron chi connectivity index (χ0n) is 17.8. The van der Waals surface area contributed by atoms with Gasteiger partial charge in [0.05, 0.1) is 26.6 Å². The van der Waals surface area contributed by atoms with Gasteiger partial charge in [-0.05, 0) is 47.5 Å². The Morgan fingerprint density at radius 3 is 1.44 bits per heavy atom. The second-order valence-corrected chi connectivity index (χ2v) is 6.06. The Hall–Kier alpha value is -4.48. The molecule has 0 bridgehead atoms. The fourth-order valence-corrected chi connectivity index (χ4v) is 2.40. The number of ether oxygens (including phenoxy) is 4. The molecule has 170 valence electrons. The summed E-state index contributed by atoms with van der Waals surface area (Å²) < 4.78 is 22.2. The Morgan fingerprint density at radius 2 is 1.09 bits per heavy atom. The van der Waals surface area contributed by atoms with Gasteiger partial charge in [-0.3, -0.25) is 0 Å². The normalized spacial score (nSPS) is 10.7. The first-order valence-electron chi connectivity index (χ1n) is 9.28. The smallest absolute Gasteiger partial charge is 0.211 e. The zero-order valence-corrected chi connectivity index (χ0v) is 17.8. The van der Waals surface area contributed by atoms with E-state index < -0.39 is 0 Å². The predicted molar refractivity (Wildman–Crippen MR) is 124 cm³/mol. The molecule has 0 aliphatic rings. The van der Waals surface area contributed by atoms with Gasteiger partial charge in [0.25, 0.3) is 0 Å². The molecule has 0 amide bonds. The molecule has 0 saturated carbocycles. The third-order valence-electron chi connectivity index (χ3n) is 3.73. The molecule has 0 fully saturated rings. The number of hydrogen-bond donors (Lipinski definition) is 4. The monoisotopic (exact) mass is 442 g/mol. The molecule has 0 radical (unpaired) electrons. The maximum Gasteiger partial charge on any atom is 0.211 e. The quantitative estimate of drug-likeness (QED) is 0.166. The fourth-order valence-electron chi connectivity index (χ4n) is 2.40. The van der Waals surface area contributed by atoms with E-state index in [2.05, 4.69) is 20.4 Å². The van der Waals surface area contributed by atoms with Gasteiger partial charge in [0.1, 0.15) is 13.2 Å². The summed E-state index contributed by atoms with van der Waals surface area (Å²) in [6.07, 6.45) is 2.99. The highest BCUT2D eigenvalue weighted by molar-refractivity contribution is 5.83. The molecule has 0 saturated heterocycles. The molecule has 0 unspecified atom stereocenters. The Morgan fingerprint density at radius 1 is 0.688 bits per heavy atom. The molecule has 8 N–H and O–H groups in total. The molecular formula is C20H26N8O4. The summed E-state index contributed by atoms with van der Waals surface area (Å²) in [4.78, 5) is 0. The SMILES string of the molecule is COc1cc(/C=N/N=C(N)N)ccc1OCCOc1ccc(/C=N/N=C(N)N)cc1OC. The molecule has 12 heteroatoms. The van der Waals surface area contributed by atoms with Gasteiger partial charge in [0.2, 0.25) is 11.9 Å². The molecule has 2 aromatic carbocycles. The third-order valence-corrected chi connectivity index (χ3v) is 3.73. The van der Waals surface area contributed by atoms with Gasteiger partial charge in [0.15, 0.2) is 23.0 Å². The van der Waals surface area contributed by atoms with Crippen molar-refractivity contribution in [3.63, 3.8) is 0 Å². The minimum atomic E-state index is -0.126. The molecule has 0 spiro atoms. The van der Waals surface area contributed by atoms with Crippen molar-refractivity contribution in [3.05, 3.63) is 47.5 Å². The van der Waals surface area contributed by atoms with Gasteiger partial charge in [0, 0.05) is 0 Å². The van der Waals surface area contributed by atoms with Crippen LogP contribution >= 0.6 is 0 Å². The van der Waals surface area contributed by atoms with E-state index in [1.807, 2.05) is 0 Å². The van der Waals surface area contributed by atoms with Crippen molar-refractivity contribution < 1.29 is 18.9 Å². The minimum absolute atomic E-state index is 0.126. The second kappa shape index (κ2) is 12.3. The molecule has 0 aliphatic carbocycles. The molecule has 12 nitrogen and oxygen atoms in total. The third kappa shape index (κ3) is 7.74. The largest absolute Gasteiger partial charge is 0.493 e. The number of guanidine groups is 2. The summed E-state index contributed by atoms with van der Waals surface area (Å²) in [5.74, 6) is 1.90. The zero-order chi connectivity index (χ0) is 23.3. The van der Waals surface area contributed by atoms with Crippen molar-refractivity contribution in [3.8, 4) is 23.0 Å². The van der Waals surface area contributed by atoms with E-state index in [-0.39, 0.29) is 25.1 Å². The predicted octanol–water partition coefficient (Wildman–Crippen LogP) is 0.376. The Balaban J connectivity index is 1.95. The van der Waals surface area contributed by atoms with Gasteiger partial charge in [-0.1, -0.05) is 0 Å². The highest BCUT2D eigenvalue weighted by atomic mass is 16.5.